The Bertz CT molecular complexity index is 655. The van der Waals surface area contributed by atoms with Crippen molar-refractivity contribution in [2.75, 3.05) is 58.5 Å². The van der Waals surface area contributed by atoms with Crippen LogP contribution in [0, 0.1) is 0 Å². The van der Waals surface area contributed by atoms with E-state index in [0.29, 0.717) is 13.2 Å². The summed E-state index contributed by atoms with van der Waals surface area (Å²) in [5.74, 6) is 1.89. The van der Waals surface area contributed by atoms with E-state index in [2.05, 4.69) is 35.0 Å². The van der Waals surface area contributed by atoms with Crippen molar-refractivity contribution in [3.05, 3.63) is 42.5 Å². The van der Waals surface area contributed by atoms with E-state index in [1.807, 2.05) is 24.3 Å². The van der Waals surface area contributed by atoms with E-state index in [0.717, 1.165) is 49.0 Å². The van der Waals surface area contributed by atoms with Gasteiger partial charge < -0.3 is 19.3 Å². The smallest absolute Gasteiger partial charge is 0.129 e. The van der Waals surface area contributed by atoms with E-state index in [4.69, 9.17) is 14.5 Å². The minimum Gasteiger partial charge on any atom is -0.491 e. The second-order valence-corrected chi connectivity index (χ2v) is 6.04. The number of likely N-dealkylation sites (N-methyl/N-ethyl adjacent to an activating group) is 1. The number of rotatable bonds is 6. The molecule has 0 radical (unpaired) electrons. The number of hydrogen-bond acceptors (Lipinski definition) is 5. The average Bonchev–Trinajstić information content (AvgIpc) is 2.63. The van der Waals surface area contributed by atoms with Crippen molar-refractivity contribution in [2.24, 2.45) is 0 Å². The first-order chi connectivity index (χ1) is 11.8. The van der Waals surface area contributed by atoms with Crippen molar-refractivity contribution in [3.63, 3.8) is 0 Å². The van der Waals surface area contributed by atoms with E-state index in [1.165, 1.54) is 0 Å². The summed E-state index contributed by atoms with van der Waals surface area (Å²) in [7, 11) is 3.84. The van der Waals surface area contributed by atoms with Crippen LogP contribution in [0.5, 0.6) is 5.75 Å². The van der Waals surface area contributed by atoms with Gasteiger partial charge in [0.05, 0.1) is 12.3 Å². The summed E-state index contributed by atoms with van der Waals surface area (Å²) in [6.45, 7) is 5.33. The molecule has 0 atom stereocenters. The third kappa shape index (κ3) is 4.24. The van der Waals surface area contributed by atoms with Crippen LogP contribution in [0.1, 0.15) is 0 Å². The van der Waals surface area contributed by atoms with Crippen LogP contribution in [-0.2, 0) is 4.74 Å². The van der Waals surface area contributed by atoms with Crippen molar-refractivity contribution < 1.29 is 9.47 Å². The fourth-order valence-corrected chi connectivity index (χ4v) is 2.78. The summed E-state index contributed by atoms with van der Waals surface area (Å²) < 4.78 is 10.7. The number of methoxy groups -OCH3 is 1. The molecule has 0 N–H and O–H groups in total. The Balaban J connectivity index is 1.75. The van der Waals surface area contributed by atoms with Crippen LogP contribution in [0.3, 0.4) is 0 Å². The number of piperazine rings is 1. The number of nitrogens with zero attached hydrogens (tertiary/aromatic N) is 3. The Morgan fingerprint density at radius 1 is 1.00 bits per heavy atom. The summed E-state index contributed by atoms with van der Waals surface area (Å²) >= 11 is 0. The zero-order valence-corrected chi connectivity index (χ0v) is 14.4. The van der Waals surface area contributed by atoms with Gasteiger partial charge in [0.25, 0.3) is 0 Å². The fourth-order valence-electron chi connectivity index (χ4n) is 2.78. The van der Waals surface area contributed by atoms with Crippen LogP contribution >= 0.6 is 0 Å². The minimum absolute atomic E-state index is 0.550. The third-order valence-corrected chi connectivity index (χ3v) is 4.25. The molecule has 1 fully saturated rings. The SMILES string of the molecule is COCCOc1cccc(-c2cccc(N3CCN(C)CC3)n2)c1. The number of aromatic nitrogens is 1. The van der Waals surface area contributed by atoms with E-state index in [-0.39, 0.29) is 0 Å². The molecule has 3 rings (SSSR count). The van der Waals surface area contributed by atoms with Gasteiger partial charge in [0, 0.05) is 38.9 Å². The van der Waals surface area contributed by atoms with Crippen molar-refractivity contribution in [2.45, 2.75) is 0 Å². The van der Waals surface area contributed by atoms with Gasteiger partial charge in [-0.3, -0.25) is 0 Å². The van der Waals surface area contributed by atoms with Gasteiger partial charge in [0.2, 0.25) is 0 Å². The van der Waals surface area contributed by atoms with E-state index >= 15 is 0 Å². The number of ether oxygens (including phenoxy) is 2. The zero-order chi connectivity index (χ0) is 16.8. The Morgan fingerprint density at radius 3 is 2.58 bits per heavy atom. The summed E-state index contributed by atoms with van der Waals surface area (Å²) in [5.41, 5.74) is 2.05. The maximum atomic E-state index is 5.70. The molecular weight excluding hydrogens is 302 g/mol. The lowest BCUT2D eigenvalue weighted by molar-refractivity contribution is 0.146. The summed E-state index contributed by atoms with van der Waals surface area (Å²) in [6, 6.07) is 14.3. The number of hydrogen-bond donors (Lipinski definition) is 0. The molecule has 0 spiro atoms. The molecule has 1 aromatic heterocycles. The normalized spacial score (nSPS) is 15.5. The van der Waals surface area contributed by atoms with Crippen LogP contribution in [0.2, 0.25) is 0 Å². The quantitative estimate of drug-likeness (QED) is 0.762. The molecule has 0 amide bonds. The lowest BCUT2D eigenvalue weighted by Gasteiger charge is -2.33. The van der Waals surface area contributed by atoms with Crippen molar-refractivity contribution in [1.82, 2.24) is 9.88 Å². The molecule has 0 bridgehead atoms. The maximum Gasteiger partial charge on any atom is 0.129 e. The molecule has 1 aliphatic heterocycles. The molecular formula is C19H25N3O2. The minimum atomic E-state index is 0.550. The van der Waals surface area contributed by atoms with Gasteiger partial charge >= 0.3 is 0 Å². The van der Waals surface area contributed by atoms with Crippen LogP contribution in [0.4, 0.5) is 5.82 Å². The second-order valence-electron chi connectivity index (χ2n) is 6.04. The van der Waals surface area contributed by atoms with Crippen LogP contribution < -0.4 is 9.64 Å². The molecule has 2 heterocycles. The van der Waals surface area contributed by atoms with Crippen LogP contribution in [-0.4, -0.2) is 63.4 Å². The molecule has 24 heavy (non-hydrogen) atoms. The van der Waals surface area contributed by atoms with Gasteiger partial charge in [-0.25, -0.2) is 4.98 Å². The second kappa shape index (κ2) is 8.13. The maximum absolute atomic E-state index is 5.70. The zero-order valence-electron chi connectivity index (χ0n) is 14.4. The van der Waals surface area contributed by atoms with Gasteiger partial charge in [-0.05, 0) is 31.3 Å². The Hall–Kier alpha value is -2.11. The summed E-state index contributed by atoms with van der Waals surface area (Å²) in [4.78, 5) is 9.55. The highest BCUT2D eigenvalue weighted by Crippen LogP contribution is 2.24. The fraction of sp³-hybridized carbons (Fsp3) is 0.421. The highest BCUT2D eigenvalue weighted by molar-refractivity contribution is 5.63. The van der Waals surface area contributed by atoms with E-state index in [1.54, 1.807) is 7.11 Å². The van der Waals surface area contributed by atoms with Crippen molar-refractivity contribution >= 4 is 5.82 Å². The topological polar surface area (TPSA) is 37.8 Å². The van der Waals surface area contributed by atoms with Gasteiger partial charge in [-0.2, -0.15) is 0 Å². The van der Waals surface area contributed by atoms with Crippen LogP contribution in [0.25, 0.3) is 11.3 Å². The van der Waals surface area contributed by atoms with Gasteiger partial charge in [0.15, 0.2) is 0 Å². The molecule has 0 aliphatic carbocycles. The molecule has 0 saturated carbocycles. The summed E-state index contributed by atoms with van der Waals surface area (Å²) in [5, 5.41) is 0. The molecule has 5 heteroatoms. The molecule has 128 valence electrons. The molecule has 0 unspecified atom stereocenters. The molecule has 1 aromatic carbocycles. The van der Waals surface area contributed by atoms with E-state index < -0.39 is 0 Å². The van der Waals surface area contributed by atoms with Crippen molar-refractivity contribution in [1.29, 1.82) is 0 Å². The third-order valence-electron chi connectivity index (χ3n) is 4.25. The number of pyridine rings is 1. The molecule has 5 nitrogen and oxygen atoms in total. The largest absolute Gasteiger partial charge is 0.491 e. The van der Waals surface area contributed by atoms with Crippen molar-refractivity contribution in [3.8, 4) is 17.0 Å². The predicted octanol–water partition coefficient (Wildman–Crippen LogP) is 2.53. The predicted molar refractivity (Wildman–Crippen MR) is 96.8 cm³/mol. The van der Waals surface area contributed by atoms with Crippen LogP contribution in [0.15, 0.2) is 42.5 Å². The first kappa shape index (κ1) is 16.7. The van der Waals surface area contributed by atoms with E-state index in [9.17, 15) is 0 Å². The highest BCUT2D eigenvalue weighted by Gasteiger charge is 2.15. The van der Waals surface area contributed by atoms with Gasteiger partial charge in [0.1, 0.15) is 18.2 Å². The molecule has 2 aromatic rings. The first-order valence-corrected chi connectivity index (χ1v) is 8.39. The number of anilines is 1. The van der Waals surface area contributed by atoms with Gasteiger partial charge in [-0.1, -0.05) is 18.2 Å². The Kier molecular flexibility index (Phi) is 5.67. The standard InChI is InChI=1S/C19H25N3O2/c1-21-9-11-22(12-10-21)19-8-4-7-18(20-19)16-5-3-6-17(15-16)24-14-13-23-2/h3-8,15H,9-14H2,1-2H3. The summed E-state index contributed by atoms with van der Waals surface area (Å²) in [6.07, 6.45) is 0. The number of benzene rings is 1. The lowest BCUT2D eigenvalue weighted by atomic mass is 10.1. The lowest BCUT2D eigenvalue weighted by Crippen LogP contribution is -2.44. The Morgan fingerprint density at radius 2 is 1.79 bits per heavy atom. The first-order valence-electron chi connectivity index (χ1n) is 8.39. The molecule has 1 aliphatic rings. The monoisotopic (exact) mass is 327 g/mol. The van der Waals surface area contributed by atoms with Gasteiger partial charge in [-0.15, -0.1) is 0 Å². The Labute approximate surface area is 143 Å². The highest BCUT2D eigenvalue weighted by atomic mass is 16.5. The average molecular weight is 327 g/mol. The molecule has 1 saturated heterocycles.